The summed E-state index contributed by atoms with van der Waals surface area (Å²) in [5, 5.41) is 0. The molecule has 0 unspecified atom stereocenters. The number of rotatable bonds is 7. The largest absolute Gasteiger partial charge is 0.462 e. The predicted molar refractivity (Wildman–Crippen MR) is 102 cm³/mol. The van der Waals surface area contributed by atoms with Gasteiger partial charge >= 0.3 is 6.01 Å². The Bertz CT molecular complexity index is 744. The Labute approximate surface area is 153 Å². The Balaban J connectivity index is 1.53. The molecule has 0 radical (unpaired) electrons. The third-order valence-electron chi connectivity index (χ3n) is 4.06. The molecule has 1 fully saturated rings. The van der Waals surface area contributed by atoms with Crippen LogP contribution in [0, 0.1) is 6.92 Å². The lowest BCUT2D eigenvalue weighted by molar-refractivity contribution is 0.0317. The van der Waals surface area contributed by atoms with Crippen molar-refractivity contribution >= 4 is 12.0 Å². The fourth-order valence-corrected chi connectivity index (χ4v) is 2.72. The molecule has 1 aliphatic rings. The van der Waals surface area contributed by atoms with E-state index in [9.17, 15) is 0 Å². The fraction of sp³-hybridized carbons (Fsp3) is 0.421. The van der Waals surface area contributed by atoms with Crippen LogP contribution in [0.4, 0.5) is 5.82 Å². The van der Waals surface area contributed by atoms with Crippen molar-refractivity contribution in [2.24, 2.45) is 4.99 Å². The predicted octanol–water partition coefficient (Wildman–Crippen LogP) is 1.70. The molecule has 0 spiro atoms. The van der Waals surface area contributed by atoms with Gasteiger partial charge in [-0.05, 0) is 12.5 Å². The maximum atomic E-state index is 5.87. The van der Waals surface area contributed by atoms with Gasteiger partial charge in [-0.2, -0.15) is 9.97 Å². The summed E-state index contributed by atoms with van der Waals surface area (Å²) in [5.74, 6) is 0.391. The van der Waals surface area contributed by atoms with Gasteiger partial charge in [-0.15, -0.1) is 0 Å². The second-order valence-corrected chi connectivity index (χ2v) is 6.25. The molecular formula is C19H25N5O2. The summed E-state index contributed by atoms with van der Waals surface area (Å²) >= 11 is 0. The van der Waals surface area contributed by atoms with Crippen LogP contribution >= 0.6 is 0 Å². The van der Waals surface area contributed by atoms with Crippen molar-refractivity contribution in [3.63, 3.8) is 0 Å². The van der Waals surface area contributed by atoms with E-state index >= 15 is 0 Å². The highest BCUT2D eigenvalue weighted by atomic mass is 16.5. The van der Waals surface area contributed by atoms with E-state index in [1.54, 1.807) is 6.07 Å². The lowest BCUT2D eigenvalue weighted by atomic mass is 10.1. The molecule has 2 aromatic rings. The van der Waals surface area contributed by atoms with Crippen molar-refractivity contribution in [3.8, 4) is 6.01 Å². The Hall–Kier alpha value is -2.51. The average Bonchev–Trinajstić information content (AvgIpc) is 2.62. The standard InChI is InChI=1S/C19H25N5O2/c1-15-3-2-4-16(11-15)13-21-14-17-12-18(20)23-19(22-17)26-10-7-24-5-8-25-9-6-24/h2-4,11-13H,5-10,14H2,1H3,(H2,20,22,23). The Morgan fingerprint density at radius 3 is 2.92 bits per heavy atom. The van der Waals surface area contributed by atoms with Crippen LogP contribution in [0.25, 0.3) is 0 Å². The zero-order chi connectivity index (χ0) is 18.2. The summed E-state index contributed by atoms with van der Waals surface area (Å²) in [6.45, 7) is 7.25. The third kappa shape index (κ3) is 5.79. The van der Waals surface area contributed by atoms with Crippen LogP contribution < -0.4 is 10.5 Å². The van der Waals surface area contributed by atoms with Crippen LogP contribution in [-0.2, 0) is 11.3 Å². The monoisotopic (exact) mass is 355 g/mol. The van der Waals surface area contributed by atoms with Crippen molar-refractivity contribution in [2.45, 2.75) is 13.5 Å². The second kappa shape index (κ2) is 9.26. The van der Waals surface area contributed by atoms with Gasteiger partial charge in [-0.25, -0.2) is 0 Å². The van der Waals surface area contributed by atoms with Gasteiger partial charge in [0, 0.05) is 31.9 Å². The summed E-state index contributed by atoms with van der Waals surface area (Å²) in [6, 6.07) is 10.2. The van der Waals surface area contributed by atoms with E-state index < -0.39 is 0 Å². The first kappa shape index (κ1) is 18.3. The van der Waals surface area contributed by atoms with Crippen LogP contribution in [0.5, 0.6) is 6.01 Å². The smallest absolute Gasteiger partial charge is 0.318 e. The number of ether oxygens (including phenoxy) is 2. The summed E-state index contributed by atoms with van der Waals surface area (Å²) in [5.41, 5.74) is 8.87. The first-order chi connectivity index (χ1) is 12.7. The maximum absolute atomic E-state index is 5.87. The first-order valence-electron chi connectivity index (χ1n) is 8.82. The Morgan fingerprint density at radius 1 is 1.27 bits per heavy atom. The summed E-state index contributed by atoms with van der Waals surface area (Å²) < 4.78 is 11.0. The molecule has 7 heteroatoms. The Morgan fingerprint density at radius 2 is 2.12 bits per heavy atom. The summed E-state index contributed by atoms with van der Waals surface area (Å²) in [6.07, 6.45) is 1.84. The van der Waals surface area contributed by atoms with Gasteiger partial charge in [0.1, 0.15) is 12.4 Å². The van der Waals surface area contributed by atoms with E-state index in [-0.39, 0.29) is 0 Å². The lowest BCUT2D eigenvalue weighted by Crippen LogP contribution is -2.38. The quantitative estimate of drug-likeness (QED) is 0.761. The van der Waals surface area contributed by atoms with Crippen molar-refractivity contribution in [2.75, 3.05) is 45.2 Å². The van der Waals surface area contributed by atoms with E-state index in [1.165, 1.54) is 5.56 Å². The van der Waals surface area contributed by atoms with E-state index in [4.69, 9.17) is 15.2 Å². The molecule has 0 aliphatic carbocycles. The van der Waals surface area contributed by atoms with Crippen LogP contribution in [-0.4, -0.2) is 60.5 Å². The lowest BCUT2D eigenvalue weighted by Gasteiger charge is -2.26. The van der Waals surface area contributed by atoms with Crippen LogP contribution in [0.3, 0.4) is 0 Å². The molecule has 0 amide bonds. The van der Waals surface area contributed by atoms with E-state index in [1.807, 2.05) is 18.3 Å². The molecule has 0 bridgehead atoms. The number of nitrogens with two attached hydrogens (primary N) is 1. The number of hydrogen-bond donors (Lipinski definition) is 1. The molecule has 2 heterocycles. The summed E-state index contributed by atoms with van der Waals surface area (Å²) in [7, 11) is 0. The SMILES string of the molecule is Cc1cccc(C=NCc2cc(N)nc(OCCN3CCOCC3)n2)c1. The molecule has 0 atom stereocenters. The van der Waals surface area contributed by atoms with Crippen LogP contribution in [0.15, 0.2) is 35.3 Å². The van der Waals surface area contributed by atoms with Gasteiger partial charge in [0.25, 0.3) is 0 Å². The molecule has 1 saturated heterocycles. The minimum Gasteiger partial charge on any atom is -0.462 e. The minimum absolute atomic E-state index is 0.305. The molecule has 2 N–H and O–H groups in total. The van der Waals surface area contributed by atoms with Gasteiger partial charge in [-0.1, -0.05) is 29.8 Å². The normalized spacial score (nSPS) is 15.4. The van der Waals surface area contributed by atoms with Crippen LogP contribution in [0.2, 0.25) is 0 Å². The number of hydrogen-bond acceptors (Lipinski definition) is 7. The van der Waals surface area contributed by atoms with Gasteiger partial charge < -0.3 is 15.2 Å². The first-order valence-corrected chi connectivity index (χ1v) is 8.82. The molecule has 138 valence electrons. The molecule has 1 aliphatic heterocycles. The van der Waals surface area contributed by atoms with E-state index in [2.05, 4.69) is 38.9 Å². The number of nitrogen functional groups attached to an aromatic ring is 1. The van der Waals surface area contributed by atoms with Gasteiger partial charge in [0.2, 0.25) is 0 Å². The average molecular weight is 355 g/mol. The van der Waals surface area contributed by atoms with Gasteiger partial charge in [0.15, 0.2) is 0 Å². The topological polar surface area (TPSA) is 85.9 Å². The number of aromatic nitrogens is 2. The molecule has 1 aromatic heterocycles. The van der Waals surface area contributed by atoms with Crippen molar-refractivity contribution in [1.29, 1.82) is 0 Å². The van der Waals surface area contributed by atoms with Crippen molar-refractivity contribution in [1.82, 2.24) is 14.9 Å². The third-order valence-corrected chi connectivity index (χ3v) is 4.06. The number of morpholine rings is 1. The van der Waals surface area contributed by atoms with E-state index in [0.29, 0.717) is 25.0 Å². The highest BCUT2D eigenvalue weighted by molar-refractivity contribution is 5.79. The van der Waals surface area contributed by atoms with Crippen molar-refractivity contribution < 1.29 is 9.47 Å². The minimum atomic E-state index is 0.305. The second-order valence-electron chi connectivity index (χ2n) is 6.25. The molecule has 7 nitrogen and oxygen atoms in total. The van der Waals surface area contributed by atoms with Crippen molar-refractivity contribution in [3.05, 3.63) is 47.2 Å². The zero-order valence-corrected chi connectivity index (χ0v) is 15.1. The van der Waals surface area contributed by atoms with Gasteiger partial charge in [-0.3, -0.25) is 9.89 Å². The zero-order valence-electron chi connectivity index (χ0n) is 15.1. The highest BCUT2D eigenvalue weighted by Gasteiger charge is 2.10. The van der Waals surface area contributed by atoms with E-state index in [0.717, 1.165) is 44.1 Å². The molecule has 26 heavy (non-hydrogen) atoms. The number of benzene rings is 1. The number of aliphatic imine (C=N–C) groups is 1. The fourth-order valence-electron chi connectivity index (χ4n) is 2.72. The number of anilines is 1. The molecular weight excluding hydrogens is 330 g/mol. The molecule has 0 saturated carbocycles. The highest BCUT2D eigenvalue weighted by Crippen LogP contribution is 2.11. The number of nitrogens with zero attached hydrogens (tertiary/aromatic N) is 4. The molecule has 1 aromatic carbocycles. The van der Waals surface area contributed by atoms with Crippen LogP contribution in [0.1, 0.15) is 16.8 Å². The molecule has 3 rings (SSSR count). The maximum Gasteiger partial charge on any atom is 0.318 e. The number of aryl methyl sites for hydroxylation is 1. The Kier molecular flexibility index (Phi) is 6.51. The summed E-state index contributed by atoms with van der Waals surface area (Å²) in [4.78, 5) is 15.3. The van der Waals surface area contributed by atoms with Gasteiger partial charge in [0.05, 0.1) is 25.5 Å².